The van der Waals surface area contributed by atoms with E-state index in [-0.39, 0.29) is 43.8 Å². The van der Waals surface area contributed by atoms with Gasteiger partial charge in [0.1, 0.15) is 25.6 Å². The number of aliphatic hydroxyl groups is 1. The van der Waals surface area contributed by atoms with Gasteiger partial charge < -0.3 is 30.5 Å². The van der Waals surface area contributed by atoms with Gasteiger partial charge in [-0.2, -0.15) is 0 Å². The van der Waals surface area contributed by atoms with Gasteiger partial charge in [0.15, 0.2) is 0 Å². The van der Waals surface area contributed by atoms with Crippen molar-refractivity contribution in [2.24, 2.45) is 0 Å². The number of ether oxygens (including phenoxy) is 2. The van der Waals surface area contributed by atoms with Crippen LogP contribution in [0.5, 0.6) is 0 Å². The highest BCUT2D eigenvalue weighted by Crippen LogP contribution is 2.47. The van der Waals surface area contributed by atoms with Crippen LogP contribution in [0.3, 0.4) is 0 Å². The zero-order valence-corrected chi connectivity index (χ0v) is 19.7. The summed E-state index contributed by atoms with van der Waals surface area (Å²) in [6, 6.07) is 0. The quantitative estimate of drug-likeness (QED) is 0.306. The van der Waals surface area contributed by atoms with Crippen LogP contribution in [0.4, 0.5) is 4.39 Å². The molecule has 0 spiro atoms. The fourth-order valence-electron chi connectivity index (χ4n) is 5.62. The third-order valence-electron chi connectivity index (χ3n) is 7.63. The van der Waals surface area contributed by atoms with E-state index in [1.54, 1.807) is 0 Å². The van der Waals surface area contributed by atoms with Gasteiger partial charge in [-0.3, -0.25) is 14.9 Å². The summed E-state index contributed by atoms with van der Waals surface area (Å²) in [6.07, 6.45) is 1.88. The number of amides is 2. The number of halogens is 2. The molecule has 0 aromatic rings. The number of alkyl halides is 2. The van der Waals surface area contributed by atoms with Gasteiger partial charge in [-0.25, -0.2) is 4.39 Å². The molecular formula is C22H36ClFN4O5. The van der Waals surface area contributed by atoms with E-state index in [1.807, 2.05) is 0 Å². The van der Waals surface area contributed by atoms with Gasteiger partial charge in [0.05, 0.1) is 23.1 Å². The largest absolute Gasteiger partial charge is 0.391 e. The second-order valence-corrected chi connectivity index (χ2v) is 10.5. The van der Waals surface area contributed by atoms with E-state index >= 15 is 0 Å². The van der Waals surface area contributed by atoms with E-state index in [0.29, 0.717) is 51.5 Å². The Balaban J connectivity index is 1.21. The summed E-state index contributed by atoms with van der Waals surface area (Å²) >= 11 is 5.90. The molecule has 9 nitrogen and oxygen atoms in total. The minimum absolute atomic E-state index is 0.0710. The van der Waals surface area contributed by atoms with Crippen molar-refractivity contribution in [2.45, 2.75) is 92.4 Å². The molecule has 5 atom stereocenters. The maximum atomic E-state index is 13.8. The van der Waals surface area contributed by atoms with Crippen molar-refractivity contribution in [2.75, 3.05) is 32.8 Å². The monoisotopic (exact) mass is 490 g/mol. The smallest absolute Gasteiger partial charge is 0.246 e. The SMILES string of the molecule is O=C(COC1CCC(Cl)C(F)C1)NC12CCC(NC(=O)COC3CNCCN3)(CC1)[C@@H](O)C2. The normalized spacial score (nSPS) is 40.9. The Morgan fingerprint density at radius 3 is 2.45 bits per heavy atom. The zero-order valence-electron chi connectivity index (χ0n) is 18.9. The summed E-state index contributed by atoms with van der Waals surface area (Å²) in [5.41, 5.74) is -1.19. The molecule has 0 radical (unpaired) electrons. The van der Waals surface area contributed by atoms with E-state index in [2.05, 4.69) is 21.3 Å². The van der Waals surface area contributed by atoms with Crippen LogP contribution in [0.2, 0.25) is 0 Å². The molecule has 5 aliphatic rings. The van der Waals surface area contributed by atoms with Gasteiger partial charge in [0.2, 0.25) is 11.8 Å². The zero-order chi connectivity index (χ0) is 23.5. The molecule has 4 unspecified atom stereocenters. The van der Waals surface area contributed by atoms with Crippen molar-refractivity contribution in [1.29, 1.82) is 0 Å². The van der Waals surface area contributed by atoms with Gasteiger partial charge >= 0.3 is 0 Å². The van der Waals surface area contributed by atoms with Crippen LogP contribution < -0.4 is 21.3 Å². The van der Waals surface area contributed by atoms with E-state index in [9.17, 15) is 19.1 Å². The molecule has 0 aromatic carbocycles. The molecule has 2 bridgehead atoms. The van der Waals surface area contributed by atoms with E-state index in [4.69, 9.17) is 21.1 Å². The second-order valence-electron chi connectivity index (χ2n) is 9.99. The van der Waals surface area contributed by atoms with Crippen LogP contribution in [-0.2, 0) is 19.1 Å². The number of rotatable bonds is 8. The minimum Gasteiger partial charge on any atom is -0.391 e. The molecule has 1 heterocycles. The van der Waals surface area contributed by atoms with Crippen molar-refractivity contribution in [3.63, 3.8) is 0 Å². The predicted molar refractivity (Wildman–Crippen MR) is 120 cm³/mol. The fourth-order valence-corrected chi connectivity index (χ4v) is 5.84. The average Bonchev–Trinajstić information content (AvgIpc) is 2.80. The lowest BCUT2D eigenvalue weighted by atomic mass is 9.60. The Labute approximate surface area is 198 Å². The summed E-state index contributed by atoms with van der Waals surface area (Å²) in [5.74, 6) is -0.503. The average molecular weight is 491 g/mol. The first-order valence-corrected chi connectivity index (χ1v) is 12.5. The Bertz CT molecular complexity index is 702. The summed E-state index contributed by atoms with van der Waals surface area (Å²) in [7, 11) is 0. The molecule has 11 heteroatoms. The first-order valence-electron chi connectivity index (χ1n) is 12.0. The van der Waals surface area contributed by atoms with Crippen molar-refractivity contribution < 1.29 is 28.6 Å². The van der Waals surface area contributed by atoms with Gasteiger partial charge in [0, 0.05) is 31.6 Å². The standard InChI is InChI=1S/C22H36ClFN4O5/c23-15-2-1-14(9-16(15)24)32-12-18(30)27-21-3-5-22(6-4-21,17(29)10-21)28-19(31)13-33-20-11-25-7-8-26-20/h14-17,20,25-26,29H,1-13H2,(H,27,30)(H,28,31)/t14?,15?,16?,17-,20?,21?,22?/m0/s1. The van der Waals surface area contributed by atoms with Gasteiger partial charge in [0.25, 0.3) is 0 Å². The van der Waals surface area contributed by atoms with Crippen molar-refractivity contribution in [1.82, 2.24) is 21.3 Å². The predicted octanol–water partition coefficient (Wildman–Crippen LogP) is 0.0851. The molecule has 1 saturated heterocycles. The molecule has 33 heavy (non-hydrogen) atoms. The van der Waals surface area contributed by atoms with Crippen LogP contribution in [0.25, 0.3) is 0 Å². The van der Waals surface area contributed by atoms with Crippen molar-refractivity contribution in [3.05, 3.63) is 0 Å². The molecule has 0 aromatic heterocycles. The summed E-state index contributed by atoms with van der Waals surface area (Å²) in [4.78, 5) is 25.0. The highest BCUT2D eigenvalue weighted by molar-refractivity contribution is 6.21. The first kappa shape index (κ1) is 25.1. The van der Waals surface area contributed by atoms with E-state index < -0.39 is 28.7 Å². The van der Waals surface area contributed by atoms with E-state index in [1.165, 1.54) is 0 Å². The molecule has 4 saturated carbocycles. The topological polar surface area (TPSA) is 121 Å². The molecule has 1 aliphatic heterocycles. The second kappa shape index (κ2) is 10.7. The van der Waals surface area contributed by atoms with Crippen molar-refractivity contribution >= 4 is 23.4 Å². The lowest BCUT2D eigenvalue weighted by Crippen LogP contribution is -2.70. The molecule has 5 fully saturated rings. The highest BCUT2D eigenvalue weighted by atomic mass is 35.5. The number of carbonyl (C=O) groups excluding carboxylic acids is 2. The Morgan fingerprint density at radius 2 is 1.79 bits per heavy atom. The number of carbonyl (C=O) groups is 2. The number of nitrogens with one attached hydrogen (secondary N) is 4. The maximum absolute atomic E-state index is 13.8. The molecule has 188 valence electrons. The molecule has 4 aliphatic carbocycles. The summed E-state index contributed by atoms with van der Waals surface area (Å²) < 4.78 is 25.0. The van der Waals surface area contributed by atoms with Crippen LogP contribution in [0.15, 0.2) is 0 Å². The number of hydrogen-bond acceptors (Lipinski definition) is 7. The van der Waals surface area contributed by atoms with Gasteiger partial charge in [-0.05, 0) is 44.9 Å². The molecule has 5 N–H and O–H groups in total. The van der Waals surface area contributed by atoms with Crippen LogP contribution in [0, 0.1) is 0 Å². The van der Waals surface area contributed by atoms with E-state index in [0.717, 1.165) is 13.1 Å². The number of aliphatic hydroxyl groups excluding tert-OH is 1. The summed E-state index contributed by atoms with van der Waals surface area (Å²) in [6.45, 7) is 2.11. The number of fused-ring (bicyclic) bond motifs is 3. The highest BCUT2D eigenvalue weighted by Gasteiger charge is 2.55. The van der Waals surface area contributed by atoms with Crippen LogP contribution >= 0.6 is 11.6 Å². The van der Waals surface area contributed by atoms with Crippen molar-refractivity contribution in [3.8, 4) is 0 Å². The van der Waals surface area contributed by atoms with Crippen LogP contribution in [-0.4, -0.2) is 90.8 Å². The number of hydrogen-bond donors (Lipinski definition) is 5. The third kappa shape index (κ3) is 6.15. The number of piperazine rings is 1. The minimum atomic E-state index is -1.11. The molecular weight excluding hydrogens is 455 g/mol. The Morgan fingerprint density at radius 1 is 1.06 bits per heavy atom. The third-order valence-corrected chi connectivity index (χ3v) is 8.12. The van der Waals surface area contributed by atoms with Gasteiger partial charge in [-0.15, -0.1) is 11.6 Å². The molecule has 2 amide bonds. The maximum Gasteiger partial charge on any atom is 0.246 e. The lowest BCUT2D eigenvalue weighted by molar-refractivity contribution is -0.142. The molecule has 5 rings (SSSR count). The van der Waals surface area contributed by atoms with Crippen LogP contribution in [0.1, 0.15) is 51.4 Å². The first-order chi connectivity index (χ1) is 15.8. The lowest BCUT2D eigenvalue weighted by Gasteiger charge is -2.56. The van der Waals surface area contributed by atoms with Gasteiger partial charge in [-0.1, -0.05) is 0 Å². The Kier molecular flexibility index (Phi) is 8.13. The Hall–Kier alpha value is -1.04. The fraction of sp³-hybridized carbons (Fsp3) is 0.909. The summed E-state index contributed by atoms with van der Waals surface area (Å²) in [5, 5.41) is 22.8.